The Kier molecular flexibility index (Phi) is 5.99. The number of ether oxygens (including phenoxy) is 1. The third kappa shape index (κ3) is 4.37. The van der Waals surface area contributed by atoms with Crippen LogP contribution in [0.3, 0.4) is 0 Å². The number of carbonyl (C=O) groups is 2. The molecule has 1 saturated carbocycles. The first kappa shape index (κ1) is 22.7. The van der Waals surface area contributed by atoms with Crippen molar-refractivity contribution in [2.45, 2.75) is 31.8 Å². The molecular formula is C22H15ClN4O4S3. The van der Waals surface area contributed by atoms with Crippen molar-refractivity contribution in [1.82, 2.24) is 14.3 Å². The Bertz CT molecular complexity index is 1460. The summed E-state index contributed by atoms with van der Waals surface area (Å²) >= 11 is 9.87. The van der Waals surface area contributed by atoms with E-state index >= 15 is 0 Å². The normalized spacial score (nSPS) is 13.8. The molecule has 0 atom stereocenters. The zero-order valence-corrected chi connectivity index (χ0v) is 20.8. The molecule has 1 aliphatic carbocycles. The Morgan fingerprint density at radius 1 is 1.21 bits per heavy atom. The molecule has 0 radical (unpaired) electrons. The number of rotatable bonds is 5. The lowest BCUT2D eigenvalue weighted by Gasteiger charge is -2.08. The van der Waals surface area contributed by atoms with Gasteiger partial charge in [-0.1, -0.05) is 52.5 Å². The number of fused-ring (bicyclic) bond motifs is 1. The first-order valence-corrected chi connectivity index (χ1v) is 12.8. The first-order valence-electron chi connectivity index (χ1n) is 10.0. The number of aliphatic carboxylic acids is 1. The van der Waals surface area contributed by atoms with E-state index in [1.165, 1.54) is 22.7 Å². The second-order valence-corrected chi connectivity index (χ2v) is 10.7. The van der Waals surface area contributed by atoms with Crippen LogP contribution >= 0.6 is 45.8 Å². The molecule has 1 fully saturated rings. The number of thiazole rings is 2. The Morgan fingerprint density at radius 3 is 2.68 bits per heavy atom. The van der Waals surface area contributed by atoms with Crippen LogP contribution in [0.1, 0.15) is 39.0 Å². The molecule has 0 aliphatic heterocycles. The van der Waals surface area contributed by atoms with Crippen LogP contribution in [0, 0.1) is 18.8 Å². The molecule has 5 rings (SSSR count). The van der Waals surface area contributed by atoms with Gasteiger partial charge in [0.1, 0.15) is 21.9 Å². The van der Waals surface area contributed by atoms with Gasteiger partial charge in [-0.25, -0.2) is 14.8 Å². The molecule has 3 aromatic heterocycles. The summed E-state index contributed by atoms with van der Waals surface area (Å²) in [4.78, 5) is 34.7. The van der Waals surface area contributed by atoms with Gasteiger partial charge in [-0.05, 0) is 49.2 Å². The van der Waals surface area contributed by atoms with E-state index in [1.807, 2.05) is 6.07 Å². The van der Waals surface area contributed by atoms with Crippen molar-refractivity contribution in [1.29, 1.82) is 0 Å². The smallest absolute Gasteiger partial charge is 0.412 e. The maximum absolute atomic E-state index is 12.3. The molecule has 1 amide bonds. The van der Waals surface area contributed by atoms with Crippen LogP contribution in [0.2, 0.25) is 5.02 Å². The standard InChI is InChI=1S/C22H15ClN4O4S3/c1-11-16(25-21(30)31-10-12-4-2-3-5-13(12)23)14(34-27-11)6-7-15-24-17-18(32-15)26-19(33-17)22(8-9-22)20(28)29/h2-5H,8-10H2,1H3,(H,25,30)(H,28,29). The fourth-order valence-corrected chi connectivity index (χ4v) is 6.18. The SMILES string of the molecule is Cc1nsc(C#Cc2nc3sc(C4(C(=O)O)CC4)nc3s2)c1NC(=O)OCc1ccccc1Cl. The predicted molar refractivity (Wildman–Crippen MR) is 132 cm³/mol. The summed E-state index contributed by atoms with van der Waals surface area (Å²) in [7, 11) is 0. The van der Waals surface area contributed by atoms with Gasteiger partial charge in [0.05, 0.1) is 11.4 Å². The van der Waals surface area contributed by atoms with Gasteiger partial charge >= 0.3 is 12.1 Å². The Balaban J connectivity index is 1.29. The number of nitrogens with one attached hydrogen (secondary N) is 1. The van der Waals surface area contributed by atoms with Crippen molar-refractivity contribution in [3.05, 3.63) is 55.4 Å². The molecule has 4 aromatic rings. The summed E-state index contributed by atoms with van der Waals surface area (Å²) < 4.78 is 9.55. The van der Waals surface area contributed by atoms with E-state index in [4.69, 9.17) is 16.3 Å². The summed E-state index contributed by atoms with van der Waals surface area (Å²) in [5.41, 5.74) is 0.977. The summed E-state index contributed by atoms with van der Waals surface area (Å²) in [5, 5.41) is 13.8. The number of hydrogen-bond acceptors (Lipinski definition) is 9. The summed E-state index contributed by atoms with van der Waals surface area (Å²) in [6.07, 6.45) is 0.582. The fourth-order valence-electron chi connectivity index (χ4n) is 3.15. The number of anilines is 1. The van der Waals surface area contributed by atoms with Crippen LogP contribution in [0.15, 0.2) is 24.3 Å². The average Bonchev–Trinajstić information content (AvgIpc) is 3.25. The van der Waals surface area contributed by atoms with Crippen molar-refractivity contribution in [3.8, 4) is 11.8 Å². The number of carboxylic acid groups (broad SMARTS) is 1. The lowest BCUT2D eigenvalue weighted by Crippen LogP contribution is -2.18. The van der Waals surface area contributed by atoms with Crippen LogP contribution in [0.4, 0.5) is 10.5 Å². The van der Waals surface area contributed by atoms with Crippen LogP contribution < -0.4 is 5.32 Å². The van der Waals surface area contributed by atoms with Gasteiger partial charge in [-0.15, -0.1) is 0 Å². The molecule has 34 heavy (non-hydrogen) atoms. The summed E-state index contributed by atoms with van der Waals surface area (Å²) in [5.74, 6) is 5.17. The number of hydrogen-bond donors (Lipinski definition) is 2. The van der Waals surface area contributed by atoms with Crippen LogP contribution in [0.5, 0.6) is 0 Å². The molecule has 3 heterocycles. The monoisotopic (exact) mass is 530 g/mol. The van der Waals surface area contributed by atoms with E-state index in [2.05, 4.69) is 31.5 Å². The van der Waals surface area contributed by atoms with E-state index in [-0.39, 0.29) is 6.61 Å². The van der Waals surface area contributed by atoms with Gasteiger partial charge < -0.3 is 9.84 Å². The maximum Gasteiger partial charge on any atom is 0.412 e. The number of amides is 1. The van der Waals surface area contributed by atoms with Crippen LogP contribution in [-0.2, 0) is 21.6 Å². The lowest BCUT2D eigenvalue weighted by molar-refractivity contribution is -0.140. The lowest BCUT2D eigenvalue weighted by atomic mass is 10.1. The van der Waals surface area contributed by atoms with Crippen molar-refractivity contribution >= 4 is 73.2 Å². The quantitative estimate of drug-likeness (QED) is 0.330. The number of nitrogens with zero attached hydrogens (tertiary/aromatic N) is 3. The van der Waals surface area contributed by atoms with E-state index in [0.29, 0.717) is 59.4 Å². The highest BCUT2D eigenvalue weighted by Crippen LogP contribution is 2.50. The summed E-state index contributed by atoms with van der Waals surface area (Å²) in [6, 6.07) is 7.14. The van der Waals surface area contributed by atoms with Crippen molar-refractivity contribution in [3.63, 3.8) is 0 Å². The topological polar surface area (TPSA) is 114 Å². The molecule has 2 N–H and O–H groups in total. The maximum atomic E-state index is 12.3. The highest BCUT2D eigenvalue weighted by Gasteiger charge is 2.54. The third-order valence-corrected chi connectivity index (χ3v) is 8.60. The first-order chi connectivity index (χ1) is 16.4. The highest BCUT2D eigenvalue weighted by atomic mass is 35.5. The van der Waals surface area contributed by atoms with Crippen LogP contribution in [0.25, 0.3) is 9.66 Å². The van der Waals surface area contributed by atoms with Crippen molar-refractivity contribution < 1.29 is 19.4 Å². The number of aromatic nitrogens is 3. The molecule has 0 bridgehead atoms. The van der Waals surface area contributed by atoms with E-state index in [0.717, 1.165) is 11.5 Å². The molecule has 12 heteroatoms. The molecular weight excluding hydrogens is 516 g/mol. The Hall–Kier alpha value is -3.04. The van der Waals surface area contributed by atoms with E-state index in [1.54, 1.807) is 25.1 Å². The van der Waals surface area contributed by atoms with Gasteiger partial charge in [0, 0.05) is 10.6 Å². The largest absolute Gasteiger partial charge is 0.481 e. The minimum Gasteiger partial charge on any atom is -0.481 e. The molecule has 1 aliphatic rings. The average molecular weight is 531 g/mol. The molecule has 1 aromatic carbocycles. The van der Waals surface area contributed by atoms with Gasteiger partial charge in [-0.3, -0.25) is 10.1 Å². The molecule has 8 nitrogen and oxygen atoms in total. The number of carbonyl (C=O) groups excluding carboxylic acids is 1. The number of aryl methyl sites for hydroxylation is 1. The van der Waals surface area contributed by atoms with E-state index < -0.39 is 17.5 Å². The van der Waals surface area contributed by atoms with Gasteiger partial charge in [0.2, 0.25) is 0 Å². The summed E-state index contributed by atoms with van der Waals surface area (Å²) in [6.45, 7) is 1.81. The number of benzene rings is 1. The molecule has 0 spiro atoms. The minimum absolute atomic E-state index is 0.0388. The molecule has 172 valence electrons. The molecule has 0 unspecified atom stereocenters. The van der Waals surface area contributed by atoms with Gasteiger partial charge in [0.25, 0.3) is 0 Å². The Morgan fingerprint density at radius 2 is 1.97 bits per heavy atom. The number of carboxylic acids is 1. The fraction of sp³-hybridized carbons (Fsp3) is 0.227. The zero-order chi connectivity index (χ0) is 23.9. The highest BCUT2D eigenvalue weighted by molar-refractivity contribution is 7.26. The van der Waals surface area contributed by atoms with E-state index in [9.17, 15) is 14.7 Å². The number of halogens is 1. The zero-order valence-electron chi connectivity index (χ0n) is 17.5. The van der Waals surface area contributed by atoms with Gasteiger partial charge in [-0.2, -0.15) is 4.37 Å². The van der Waals surface area contributed by atoms with Gasteiger partial charge in [0.15, 0.2) is 14.7 Å². The van der Waals surface area contributed by atoms with Crippen molar-refractivity contribution in [2.75, 3.05) is 5.32 Å². The minimum atomic E-state index is -0.835. The second kappa shape index (κ2) is 8.96. The predicted octanol–water partition coefficient (Wildman–Crippen LogP) is 5.44. The second-order valence-electron chi connectivity index (χ2n) is 7.55. The van der Waals surface area contributed by atoms with Crippen molar-refractivity contribution in [2.24, 2.45) is 0 Å². The molecule has 0 saturated heterocycles. The van der Waals surface area contributed by atoms with Crippen LogP contribution in [-0.4, -0.2) is 31.5 Å². The third-order valence-electron chi connectivity index (χ3n) is 5.23. The Labute approximate surface area is 210 Å².